The lowest BCUT2D eigenvalue weighted by atomic mass is 9.95. The minimum Gasteiger partial charge on any atom is -0.355 e. The number of allylic oxidation sites excluding steroid dienone is 1. The number of carbonyl (C=O) groups is 1. The molecule has 0 fully saturated rings. The average Bonchev–Trinajstić information content (AvgIpc) is 2.39. The summed E-state index contributed by atoms with van der Waals surface area (Å²) >= 11 is 5.49. The summed E-state index contributed by atoms with van der Waals surface area (Å²) in [5.41, 5.74) is 2.76. The van der Waals surface area contributed by atoms with Gasteiger partial charge in [0.15, 0.2) is 10.9 Å². The van der Waals surface area contributed by atoms with Crippen molar-refractivity contribution in [3.8, 4) is 0 Å². The van der Waals surface area contributed by atoms with Gasteiger partial charge < -0.3 is 5.32 Å². The molecule has 0 saturated heterocycles. The average molecular weight is 288 g/mol. The van der Waals surface area contributed by atoms with Crippen LogP contribution < -0.4 is 10.2 Å². The first-order chi connectivity index (χ1) is 9.56. The standard InChI is InChI=1S/C16H20N2OS/c1-4-8-14-15(12(3)19)11(2)18(16(20)17-14)13-9-6-5-7-10-13/h5-7,9-10,14H,4,8H2,1-3H3,(H,17,20)/t14-/m0/s1. The van der Waals surface area contributed by atoms with Gasteiger partial charge >= 0.3 is 0 Å². The van der Waals surface area contributed by atoms with Crippen LogP contribution in [0.2, 0.25) is 0 Å². The third-order valence-corrected chi connectivity index (χ3v) is 3.85. The van der Waals surface area contributed by atoms with Gasteiger partial charge in [-0.05, 0) is 44.6 Å². The van der Waals surface area contributed by atoms with Crippen molar-refractivity contribution in [2.24, 2.45) is 0 Å². The molecule has 0 unspecified atom stereocenters. The zero-order valence-electron chi connectivity index (χ0n) is 12.1. The van der Waals surface area contributed by atoms with E-state index in [9.17, 15) is 4.79 Å². The molecule has 0 aromatic heterocycles. The number of anilines is 1. The SMILES string of the molecule is CCC[C@@H]1NC(=S)N(c2ccccc2)C(C)=C1C(C)=O. The summed E-state index contributed by atoms with van der Waals surface area (Å²) in [4.78, 5) is 14.0. The van der Waals surface area contributed by atoms with Gasteiger partial charge in [-0.1, -0.05) is 31.5 Å². The number of hydrogen-bond acceptors (Lipinski definition) is 2. The van der Waals surface area contributed by atoms with Crippen molar-refractivity contribution >= 4 is 28.8 Å². The maximum atomic E-state index is 12.0. The molecule has 20 heavy (non-hydrogen) atoms. The highest BCUT2D eigenvalue weighted by molar-refractivity contribution is 7.80. The Hall–Kier alpha value is -1.68. The van der Waals surface area contributed by atoms with Crippen LogP contribution in [0.15, 0.2) is 41.6 Å². The molecule has 2 rings (SSSR count). The van der Waals surface area contributed by atoms with Gasteiger partial charge in [0, 0.05) is 17.0 Å². The van der Waals surface area contributed by atoms with Gasteiger partial charge in [-0.3, -0.25) is 9.69 Å². The first kappa shape index (κ1) is 14.7. The van der Waals surface area contributed by atoms with Crippen molar-refractivity contribution in [3.63, 3.8) is 0 Å². The molecule has 1 aromatic rings. The lowest BCUT2D eigenvalue weighted by Gasteiger charge is -2.37. The van der Waals surface area contributed by atoms with Crippen LogP contribution in [0.25, 0.3) is 0 Å². The molecule has 1 atom stereocenters. The van der Waals surface area contributed by atoms with Crippen molar-refractivity contribution in [2.75, 3.05) is 4.90 Å². The lowest BCUT2D eigenvalue weighted by Crippen LogP contribution is -2.51. The minimum atomic E-state index is 0.0324. The molecule has 1 aromatic carbocycles. The van der Waals surface area contributed by atoms with Gasteiger partial charge in [0.25, 0.3) is 0 Å². The van der Waals surface area contributed by atoms with Crippen LogP contribution in [0.4, 0.5) is 5.69 Å². The van der Waals surface area contributed by atoms with E-state index in [2.05, 4.69) is 12.2 Å². The predicted octanol–water partition coefficient (Wildman–Crippen LogP) is 3.41. The van der Waals surface area contributed by atoms with Crippen LogP contribution >= 0.6 is 12.2 Å². The molecule has 1 aliphatic rings. The molecular weight excluding hydrogens is 268 g/mol. The van der Waals surface area contributed by atoms with Crippen LogP contribution in [0.5, 0.6) is 0 Å². The van der Waals surface area contributed by atoms with E-state index < -0.39 is 0 Å². The fourth-order valence-electron chi connectivity index (χ4n) is 2.70. The van der Waals surface area contributed by atoms with Crippen LogP contribution in [0.1, 0.15) is 33.6 Å². The molecule has 0 aliphatic carbocycles. The molecule has 4 heteroatoms. The van der Waals surface area contributed by atoms with E-state index in [0.717, 1.165) is 29.8 Å². The number of nitrogens with zero attached hydrogens (tertiary/aromatic N) is 1. The van der Waals surface area contributed by atoms with E-state index in [1.54, 1.807) is 6.92 Å². The van der Waals surface area contributed by atoms with Crippen molar-refractivity contribution in [3.05, 3.63) is 41.6 Å². The molecule has 0 spiro atoms. The Bertz CT molecular complexity index is 551. The van der Waals surface area contributed by atoms with Gasteiger partial charge in [0.05, 0.1) is 6.04 Å². The van der Waals surface area contributed by atoms with Crippen LogP contribution in [-0.2, 0) is 4.79 Å². The summed E-state index contributed by atoms with van der Waals surface area (Å²) in [6.45, 7) is 5.71. The van der Waals surface area contributed by atoms with E-state index in [0.29, 0.717) is 5.11 Å². The maximum Gasteiger partial charge on any atom is 0.178 e. The second kappa shape index (κ2) is 6.18. The number of nitrogens with one attached hydrogen (secondary N) is 1. The maximum absolute atomic E-state index is 12.0. The number of ketones is 1. The molecule has 0 amide bonds. The molecule has 0 radical (unpaired) electrons. The highest BCUT2D eigenvalue weighted by atomic mass is 32.1. The molecular formula is C16H20N2OS. The summed E-state index contributed by atoms with van der Waals surface area (Å²) in [6.07, 6.45) is 1.92. The number of Topliss-reactive ketones (excluding diaryl/α,β-unsaturated/α-hetero) is 1. The first-order valence-corrected chi connectivity index (χ1v) is 7.34. The summed E-state index contributed by atoms with van der Waals surface area (Å²) in [6, 6.07) is 9.93. The smallest absolute Gasteiger partial charge is 0.178 e. The fourth-order valence-corrected chi connectivity index (χ4v) is 3.09. The van der Waals surface area contributed by atoms with Crippen molar-refractivity contribution in [1.82, 2.24) is 5.32 Å². The number of benzene rings is 1. The quantitative estimate of drug-likeness (QED) is 0.861. The first-order valence-electron chi connectivity index (χ1n) is 6.93. The minimum absolute atomic E-state index is 0.0324. The highest BCUT2D eigenvalue weighted by Gasteiger charge is 2.31. The zero-order chi connectivity index (χ0) is 14.7. The van der Waals surface area contributed by atoms with E-state index >= 15 is 0 Å². The molecule has 0 bridgehead atoms. The topological polar surface area (TPSA) is 32.3 Å². The second-order valence-corrected chi connectivity index (χ2v) is 5.40. The van der Waals surface area contributed by atoms with Crippen molar-refractivity contribution < 1.29 is 4.79 Å². The second-order valence-electron chi connectivity index (χ2n) is 5.02. The van der Waals surface area contributed by atoms with Gasteiger partial charge in [0.2, 0.25) is 0 Å². The van der Waals surface area contributed by atoms with Crippen molar-refractivity contribution in [1.29, 1.82) is 0 Å². The Balaban J connectivity index is 2.48. The highest BCUT2D eigenvalue weighted by Crippen LogP contribution is 2.28. The molecule has 1 heterocycles. The Morgan fingerprint density at radius 3 is 2.55 bits per heavy atom. The third kappa shape index (κ3) is 2.75. The van der Waals surface area contributed by atoms with E-state index in [-0.39, 0.29) is 11.8 Å². The Kier molecular flexibility index (Phi) is 4.55. The summed E-state index contributed by atoms with van der Waals surface area (Å²) in [7, 11) is 0. The molecule has 1 N–H and O–H groups in total. The predicted molar refractivity (Wildman–Crippen MR) is 86.7 cm³/mol. The number of thiocarbonyl (C=S) groups is 1. The van der Waals surface area contributed by atoms with Crippen LogP contribution in [0, 0.1) is 0 Å². The van der Waals surface area contributed by atoms with Crippen molar-refractivity contribution in [2.45, 2.75) is 39.7 Å². The summed E-state index contributed by atoms with van der Waals surface area (Å²) in [5.74, 6) is 0.108. The zero-order valence-corrected chi connectivity index (χ0v) is 13.0. The Labute approximate surface area is 125 Å². The summed E-state index contributed by atoms with van der Waals surface area (Å²) < 4.78 is 0. The lowest BCUT2D eigenvalue weighted by molar-refractivity contribution is -0.114. The number of hydrogen-bond donors (Lipinski definition) is 1. The summed E-state index contributed by atoms with van der Waals surface area (Å²) in [5, 5.41) is 3.97. The number of carbonyl (C=O) groups excluding carboxylic acids is 1. The molecule has 3 nitrogen and oxygen atoms in total. The fraction of sp³-hybridized carbons (Fsp3) is 0.375. The van der Waals surface area contributed by atoms with Gasteiger partial charge in [-0.15, -0.1) is 0 Å². The molecule has 1 aliphatic heterocycles. The van der Waals surface area contributed by atoms with Gasteiger partial charge in [-0.2, -0.15) is 0 Å². The number of para-hydroxylation sites is 1. The van der Waals surface area contributed by atoms with E-state index in [1.807, 2.05) is 42.2 Å². The third-order valence-electron chi connectivity index (χ3n) is 3.55. The van der Waals surface area contributed by atoms with E-state index in [1.165, 1.54) is 0 Å². The van der Waals surface area contributed by atoms with Crippen LogP contribution in [-0.4, -0.2) is 16.9 Å². The number of rotatable bonds is 4. The van der Waals surface area contributed by atoms with Gasteiger partial charge in [0.1, 0.15) is 0 Å². The van der Waals surface area contributed by atoms with Crippen LogP contribution in [0.3, 0.4) is 0 Å². The molecule has 106 valence electrons. The normalized spacial score (nSPS) is 19.1. The monoisotopic (exact) mass is 288 g/mol. The largest absolute Gasteiger partial charge is 0.355 e. The van der Waals surface area contributed by atoms with E-state index in [4.69, 9.17) is 12.2 Å². The molecule has 0 saturated carbocycles. The Morgan fingerprint density at radius 2 is 2.00 bits per heavy atom. The Morgan fingerprint density at radius 1 is 1.35 bits per heavy atom. The van der Waals surface area contributed by atoms with Gasteiger partial charge in [-0.25, -0.2) is 0 Å².